The van der Waals surface area contributed by atoms with Crippen molar-refractivity contribution in [1.29, 1.82) is 0 Å². The van der Waals surface area contributed by atoms with Crippen molar-refractivity contribution in [2.45, 2.75) is 58.2 Å². The van der Waals surface area contributed by atoms with Crippen LogP contribution in [0.2, 0.25) is 0 Å². The Balaban J connectivity index is 2.08. The zero-order valence-corrected chi connectivity index (χ0v) is 9.84. The van der Waals surface area contributed by atoms with E-state index < -0.39 is 5.79 Å². The number of hydrogen-bond donors (Lipinski definition) is 0. The fraction of sp³-hybridized carbons (Fsp3) is 1.00. The molecule has 1 fully saturated rings. The molecule has 0 heterocycles. The molecule has 0 amide bonds. The molecule has 14 heavy (non-hydrogen) atoms. The van der Waals surface area contributed by atoms with E-state index in [0.717, 1.165) is 12.5 Å². The fourth-order valence-corrected chi connectivity index (χ4v) is 2.01. The smallest absolute Gasteiger partial charge is 0.162 e. The Morgan fingerprint density at radius 3 is 2.36 bits per heavy atom. The summed E-state index contributed by atoms with van der Waals surface area (Å²) >= 11 is 0. The Morgan fingerprint density at radius 1 is 1.14 bits per heavy atom. The van der Waals surface area contributed by atoms with Crippen LogP contribution >= 0.6 is 0 Å². The first-order valence-electron chi connectivity index (χ1n) is 5.83. The second-order valence-electron chi connectivity index (χ2n) is 4.75. The van der Waals surface area contributed by atoms with Gasteiger partial charge in [-0.3, -0.25) is 0 Å². The molecule has 0 radical (unpaired) electrons. The van der Waals surface area contributed by atoms with E-state index in [1.807, 2.05) is 13.8 Å². The minimum atomic E-state index is -0.408. The Kier molecular flexibility index (Phi) is 4.90. The van der Waals surface area contributed by atoms with Crippen LogP contribution in [0.25, 0.3) is 0 Å². The van der Waals surface area contributed by atoms with E-state index >= 15 is 0 Å². The normalized spacial score (nSPS) is 19.9. The highest BCUT2D eigenvalue weighted by Gasteiger charge is 2.18. The number of rotatable bonds is 5. The van der Waals surface area contributed by atoms with Gasteiger partial charge in [-0.05, 0) is 26.2 Å². The molecule has 1 aliphatic carbocycles. The maximum Gasteiger partial charge on any atom is 0.162 e. The van der Waals surface area contributed by atoms with E-state index in [1.165, 1.54) is 38.5 Å². The third-order valence-electron chi connectivity index (χ3n) is 3.19. The summed E-state index contributed by atoms with van der Waals surface area (Å²) in [5, 5.41) is 0. The lowest BCUT2D eigenvalue weighted by Gasteiger charge is -2.26. The van der Waals surface area contributed by atoms with Gasteiger partial charge in [0.1, 0.15) is 0 Å². The minimum absolute atomic E-state index is 0.408. The molecular weight excluding hydrogens is 176 g/mol. The van der Waals surface area contributed by atoms with Gasteiger partial charge in [-0.2, -0.15) is 0 Å². The van der Waals surface area contributed by atoms with Crippen molar-refractivity contribution in [2.24, 2.45) is 5.92 Å². The summed E-state index contributed by atoms with van der Waals surface area (Å²) in [5.74, 6) is 0.491. The molecule has 1 rings (SSSR count). The van der Waals surface area contributed by atoms with Crippen LogP contribution < -0.4 is 0 Å². The van der Waals surface area contributed by atoms with Crippen molar-refractivity contribution in [3.8, 4) is 0 Å². The average Bonchev–Trinajstić information content (AvgIpc) is 2.19. The van der Waals surface area contributed by atoms with Gasteiger partial charge < -0.3 is 9.47 Å². The van der Waals surface area contributed by atoms with Crippen LogP contribution in [-0.2, 0) is 9.47 Å². The lowest BCUT2D eigenvalue weighted by atomic mass is 9.87. The van der Waals surface area contributed by atoms with Crippen LogP contribution in [0, 0.1) is 5.92 Å². The molecule has 0 aliphatic heterocycles. The highest BCUT2D eigenvalue weighted by Crippen LogP contribution is 2.26. The summed E-state index contributed by atoms with van der Waals surface area (Å²) in [6.07, 6.45) is 8.26. The van der Waals surface area contributed by atoms with Gasteiger partial charge in [0.2, 0.25) is 0 Å². The topological polar surface area (TPSA) is 18.5 Å². The monoisotopic (exact) mass is 200 g/mol. The van der Waals surface area contributed by atoms with Gasteiger partial charge in [0.05, 0.1) is 6.61 Å². The maximum atomic E-state index is 5.66. The second kappa shape index (κ2) is 5.72. The van der Waals surface area contributed by atoms with Crippen LogP contribution in [0.3, 0.4) is 0 Å². The van der Waals surface area contributed by atoms with Gasteiger partial charge in [-0.15, -0.1) is 0 Å². The molecule has 2 heteroatoms. The molecule has 0 spiro atoms. The summed E-state index contributed by atoms with van der Waals surface area (Å²) in [4.78, 5) is 0. The van der Waals surface area contributed by atoms with E-state index in [4.69, 9.17) is 9.47 Å². The van der Waals surface area contributed by atoms with E-state index in [-0.39, 0.29) is 0 Å². The number of ether oxygens (including phenoxy) is 2. The van der Waals surface area contributed by atoms with Crippen LogP contribution in [-0.4, -0.2) is 19.5 Å². The Morgan fingerprint density at radius 2 is 1.79 bits per heavy atom. The Labute approximate surface area is 88.0 Å². The lowest BCUT2D eigenvalue weighted by molar-refractivity contribution is -0.198. The number of hydrogen-bond acceptors (Lipinski definition) is 2. The zero-order chi connectivity index (χ0) is 10.4. The largest absolute Gasteiger partial charge is 0.354 e. The first kappa shape index (κ1) is 12.0. The predicted octanol–water partition coefficient (Wildman–Crippen LogP) is 3.36. The summed E-state index contributed by atoms with van der Waals surface area (Å²) in [6.45, 7) is 4.77. The van der Waals surface area contributed by atoms with Crippen molar-refractivity contribution < 1.29 is 9.47 Å². The van der Waals surface area contributed by atoms with Crippen LogP contribution in [0.15, 0.2) is 0 Å². The Hall–Kier alpha value is -0.0800. The van der Waals surface area contributed by atoms with Crippen molar-refractivity contribution >= 4 is 0 Å². The SMILES string of the molecule is COC(C)(C)OCCC1CCCCC1. The minimum Gasteiger partial charge on any atom is -0.354 e. The standard InChI is InChI=1S/C12H24O2/c1-12(2,13-3)14-10-9-11-7-5-4-6-8-11/h11H,4-10H2,1-3H3. The summed E-state index contributed by atoms with van der Waals surface area (Å²) in [5.41, 5.74) is 0. The summed E-state index contributed by atoms with van der Waals surface area (Å²) in [7, 11) is 1.70. The van der Waals surface area contributed by atoms with Crippen LogP contribution in [0.1, 0.15) is 52.4 Å². The van der Waals surface area contributed by atoms with Crippen molar-refractivity contribution in [1.82, 2.24) is 0 Å². The molecule has 1 saturated carbocycles. The second-order valence-corrected chi connectivity index (χ2v) is 4.75. The van der Waals surface area contributed by atoms with E-state index in [1.54, 1.807) is 7.11 Å². The van der Waals surface area contributed by atoms with E-state index in [2.05, 4.69) is 0 Å². The highest BCUT2D eigenvalue weighted by atomic mass is 16.7. The molecule has 0 bridgehead atoms. The molecule has 0 aromatic heterocycles. The summed E-state index contributed by atoms with van der Waals surface area (Å²) < 4.78 is 10.9. The van der Waals surface area contributed by atoms with Gasteiger partial charge in [0.15, 0.2) is 5.79 Å². The van der Waals surface area contributed by atoms with Gasteiger partial charge in [-0.1, -0.05) is 32.1 Å². The molecular formula is C12H24O2. The van der Waals surface area contributed by atoms with E-state index in [9.17, 15) is 0 Å². The molecule has 0 saturated heterocycles. The van der Waals surface area contributed by atoms with Crippen LogP contribution in [0.4, 0.5) is 0 Å². The molecule has 1 aliphatic rings. The van der Waals surface area contributed by atoms with E-state index in [0.29, 0.717) is 0 Å². The first-order chi connectivity index (χ1) is 6.64. The molecule has 2 nitrogen and oxygen atoms in total. The molecule has 84 valence electrons. The Bertz CT molecular complexity index is 148. The quantitative estimate of drug-likeness (QED) is 0.634. The highest BCUT2D eigenvalue weighted by molar-refractivity contribution is 4.65. The summed E-state index contributed by atoms with van der Waals surface area (Å²) in [6, 6.07) is 0. The fourth-order valence-electron chi connectivity index (χ4n) is 2.01. The van der Waals surface area contributed by atoms with Gasteiger partial charge in [-0.25, -0.2) is 0 Å². The lowest BCUT2D eigenvalue weighted by Crippen LogP contribution is -2.27. The van der Waals surface area contributed by atoms with Gasteiger partial charge in [0, 0.05) is 7.11 Å². The average molecular weight is 200 g/mol. The number of methoxy groups -OCH3 is 1. The predicted molar refractivity (Wildman–Crippen MR) is 58.2 cm³/mol. The molecule has 0 unspecified atom stereocenters. The maximum absolute atomic E-state index is 5.66. The molecule has 0 aromatic carbocycles. The van der Waals surface area contributed by atoms with Crippen molar-refractivity contribution in [3.05, 3.63) is 0 Å². The first-order valence-corrected chi connectivity index (χ1v) is 5.83. The van der Waals surface area contributed by atoms with Crippen molar-refractivity contribution in [3.63, 3.8) is 0 Å². The molecule has 0 aromatic rings. The molecule has 0 N–H and O–H groups in total. The van der Waals surface area contributed by atoms with Gasteiger partial charge in [0.25, 0.3) is 0 Å². The molecule has 0 atom stereocenters. The third kappa shape index (κ3) is 4.43. The van der Waals surface area contributed by atoms with Gasteiger partial charge >= 0.3 is 0 Å². The third-order valence-corrected chi connectivity index (χ3v) is 3.19. The zero-order valence-electron chi connectivity index (χ0n) is 9.84. The van der Waals surface area contributed by atoms with Crippen LogP contribution in [0.5, 0.6) is 0 Å². The van der Waals surface area contributed by atoms with Crippen molar-refractivity contribution in [2.75, 3.05) is 13.7 Å².